The summed E-state index contributed by atoms with van der Waals surface area (Å²) in [6.45, 7) is 2.09. The molecule has 1 rings (SSSR count). The summed E-state index contributed by atoms with van der Waals surface area (Å²) in [5, 5.41) is 0. The third kappa shape index (κ3) is 7.30. The first kappa shape index (κ1) is 34.8. The van der Waals surface area contributed by atoms with Gasteiger partial charge in [-0.1, -0.05) is 6.58 Å². The molecule has 0 fully saturated rings. The predicted molar refractivity (Wildman–Crippen MR) is 108 cm³/mol. The van der Waals surface area contributed by atoms with Crippen molar-refractivity contribution in [2.45, 2.75) is 55.1 Å². The van der Waals surface area contributed by atoms with E-state index in [-0.39, 0.29) is 30.9 Å². The van der Waals surface area contributed by atoms with Gasteiger partial charge in [-0.3, -0.25) is 0 Å². The molecule has 0 heterocycles. The molecule has 40 heavy (non-hydrogen) atoms. The van der Waals surface area contributed by atoms with Crippen LogP contribution in [-0.2, 0) is 14.3 Å². The Labute approximate surface area is 216 Å². The fraction of sp³-hybridized carbons (Fsp3) is 0.545. The average molecular weight is 610 g/mol. The average Bonchev–Trinajstić information content (AvgIpc) is 2.85. The van der Waals surface area contributed by atoms with E-state index in [1.54, 1.807) is 0 Å². The quantitative estimate of drug-likeness (QED) is 0.0941. The molecule has 0 unspecified atom stereocenters. The minimum atomic E-state index is -7.97. The molecule has 0 spiro atoms. The van der Waals surface area contributed by atoms with Crippen molar-refractivity contribution in [1.29, 1.82) is 0 Å². The van der Waals surface area contributed by atoms with Gasteiger partial charge in [0, 0.05) is 18.9 Å². The number of hydrogen-bond acceptors (Lipinski definition) is 5. The smallest absolute Gasteiger partial charge is 0.460 e. The highest BCUT2D eigenvalue weighted by Gasteiger charge is 2.90. The molecule has 0 aliphatic carbocycles. The van der Waals surface area contributed by atoms with E-state index in [4.69, 9.17) is 9.47 Å². The summed E-state index contributed by atoms with van der Waals surface area (Å²) in [6, 6.07) is 4.67. The van der Waals surface area contributed by atoms with Crippen LogP contribution in [0.15, 0.2) is 36.9 Å². The normalized spacial score (nSPS) is 13.5. The van der Waals surface area contributed by atoms with Crippen molar-refractivity contribution in [3.8, 4) is 5.75 Å². The van der Waals surface area contributed by atoms with Crippen molar-refractivity contribution in [2.75, 3.05) is 19.8 Å². The van der Waals surface area contributed by atoms with Crippen LogP contribution >= 0.6 is 0 Å². The lowest BCUT2D eigenvalue weighted by atomic mass is 9.92. The first-order valence-electron chi connectivity index (χ1n) is 10.7. The highest BCUT2D eigenvalue weighted by molar-refractivity contribution is 5.89. The molecule has 0 N–H and O–H groups in total. The highest BCUT2D eigenvalue weighted by Crippen LogP contribution is 2.60. The van der Waals surface area contributed by atoms with Crippen molar-refractivity contribution in [3.63, 3.8) is 0 Å². The van der Waals surface area contributed by atoms with Gasteiger partial charge in [0.2, 0.25) is 0 Å². The molecule has 1 aromatic carbocycles. The van der Waals surface area contributed by atoms with Gasteiger partial charge in [0.05, 0.1) is 25.4 Å². The topological polar surface area (TPSA) is 61.8 Å². The molecule has 0 aliphatic rings. The lowest BCUT2D eigenvalue weighted by molar-refractivity contribution is -0.440. The molecule has 0 radical (unpaired) electrons. The number of esters is 2. The molecule has 0 saturated carbocycles. The SMILES string of the molecule is C=CC(=O)OCCCOc1ccc(C(=O)OCCCC(F)(F)C(F)(F)C(F)(F)C(F)(F)C(F)(F)C(F)(F)F)cc1. The molecule has 18 heteroatoms. The van der Waals surface area contributed by atoms with Gasteiger partial charge in [0.25, 0.3) is 0 Å². The molecule has 0 saturated heterocycles. The predicted octanol–water partition coefficient (Wildman–Crippen LogP) is 6.86. The number of benzene rings is 1. The van der Waals surface area contributed by atoms with E-state index in [0.717, 1.165) is 18.2 Å². The number of hydrogen-bond donors (Lipinski definition) is 0. The summed E-state index contributed by atoms with van der Waals surface area (Å²) in [5.74, 6) is -38.9. The van der Waals surface area contributed by atoms with Crippen LogP contribution in [0, 0.1) is 0 Å². The van der Waals surface area contributed by atoms with E-state index in [2.05, 4.69) is 11.3 Å². The zero-order chi connectivity index (χ0) is 31.2. The van der Waals surface area contributed by atoms with Gasteiger partial charge in [0.1, 0.15) is 5.75 Å². The molecular weight excluding hydrogens is 591 g/mol. The van der Waals surface area contributed by atoms with E-state index >= 15 is 0 Å². The summed E-state index contributed by atoms with van der Waals surface area (Å²) < 4.78 is 184. The third-order valence-corrected chi connectivity index (χ3v) is 4.93. The van der Waals surface area contributed by atoms with E-state index in [1.807, 2.05) is 0 Å². The highest BCUT2D eigenvalue weighted by atomic mass is 19.4. The molecule has 0 amide bonds. The number of ether oxygens (including phenoxy) is 3. The van der Waals surface area contributed by atoms with Crippen molar-refractivity contribution in [3.05, 3.63) is 42.5 Å². The van der Waals surface area contributed by atoms with Crippen LogP contribution in [0.25, 0.3) is 0 Å². The minimum Gasteiger partial charge on any atom is -0.493 e. The van der Waals surface area contributed by atoms with Gasteiger partial charge in [-0.05, 0) is 30.7 Å². The fourth-order valence-corrected chi connectivity index (χ4v) is 2.67. The summed E-state index contributed by atoms with van der Waals surface area (Å²) in [4.78, 5) is 22.8. The summed E-state index contributed by atoms with van der Waals surface area (Å²) in [5.41, 5.74) is -0.245. The Morgan fingerprint density at radius 1 is 0.675 bits per heavy atom. The summed E-state index contributed by atoms with van der Waals surface area (Å²) in [7, 11) is 0. The Morgan fingerprint density at radius 3 is 1.68 bits per heavy atom. The molecule has 0 bridgehead atoms. The van der Waals surface area contributed by atoms with Crippen molar-refractivity contribution in [1.82, 2.24) is 0 Å². The van der Waals surface area contributed by atoms with Crippen LogP contribution in [0.3, 0.4) is 0 Å². The van der Waals surface area contributed by atoms with Gasteiger partial charge in [-0.25, -0.2) is 9.59 Å². The largest absolute Gasteiger partial charge is 0.493 e. The second-order valence-electron chi connectivity index (χ2n) is 7.84. The Hall–Kier alpha value is -3.21. The van der Waals surface area contributed by atoms with Gasteiger partial charge in [-0.2, -0.15) is 57.1 Å². The lowest BCUT2D eigenvalue weighted by Crippen LogP contribution is -2.70. The zero-order valence-electron chi connectivity index (χ0n) is 19.8. The van der Waals surface area contributed by atoms with E-state index in [0.29, 0.717) is 0 Å². The van der Waals surface area contributed by atoms with Crippen LogP contribution in [-0.4, -0.2) is 67.5 Å². The Kier molecular flexibility index (Phi) is 10.9. The van der Waals surface area contributed by atoms with Crippen molar-refractivity contribution in [2.24, 2.45) is 0 Å². The molecule has 0 aromatic heterocycles. The van der Waals surface area contributed by atoms with Gasteiger partial charge >= 0.3 is 47.7 Å². The Bertz CT molecular complexity index is 1020. The monoisotopic (exact) mass is 610 g/mol. The maximum absolute atomic E-state index is 13.7. The van der Waals surface area contributed by atoms with Gasteiger partial charge in [0.15, 0.2) is 0 Å². The van der Waals surface area contributed by atoms with Crippen LogP contribution < -0.4 is 4.74 Å². The van der Waals surface area contributed by atoms with Crippen LogP contribution in [0.4, 0.5) is 57.1 Å². The number of halogens is 13. The van der Waals surface area contributed by atoms with E-state index in [9.17, 15) is 66.7 Å². The number of alkyl halides is 13. The first-order chi connectivity index (χ1) is 18.1. The van der Waals surface area contributed by atoms with Crippen LogP contribution in [0.5, 0.6) is 5.75 Å². The Morgan fingerprint density at radius 2 is 1.18 bits per heavy atom. The van der Waals surface area contributed by atoms with E-state index < -0.39 is 67.2 Å². The summed E-state index contributed by atoms with van der Waals surface area (Å²) in [6.07, 6.45) is -10.1. The molecule has 228 valence electrons. The molecular formula is C22H19F13O5. The standard InChI is InChI=1S/C22H19F13O5/c1-2-15(36)39-12-4-11-38-14-7-5-13(6-8-14)16(37)40-10-3-9-17(23,24)18(25,26)19(27,28)20(29,30)21(31,32)22(33,34)35/h2,5-8H,1,3-4,9-12H2. The fourth-order valence-electron chi connectivity index (χ4n) is 2.67. The van der Waals surface area contributed by atoms with Crippen molar-refractivity contribution >= 4 is 11.9 Å². The summed E-state index contributed by atoms with van der Waals surface area (Å²) >= 11 is 0. The molecule has 5 nitrogen and oxygen atoms in total. The van der Waals surface area contributed by atoms with Gasteiger partial charge < -0.3 is 14.2 Å². The zero-order valence-corrected chi connectivity index (χ0v) is 19.8. The number of rotatable bonds is 15. The molecule has 0 atom stereocenters. The third-order valence-electron chi connectivity index (χ3n) is 4.93. The van der Waals surface area contributed by atoms with Crippen LogP contribution in [0.1, 0.15) is 29.6 Å². The molecule has 1 aromatic rings. The lowest BCUT2D eigenvalue weighted by Gasteiger charge is -2.39. The van der Waals surface area contributed by atoms with Crippen molar-refractivity contribution < 1.29 is 80.9 Å². The second kappa shape index (κ2) is 12.5. The Balaban J connectivity index is 2.70. The maximum Gasteiger partial charge on any atom is 0.460 e. The second-order valence-corrected chi connectivity index (χ2v) is 7.84. The maximum atomic E-state index is 13.7. The van der Waals surface area contributed by atoms with Crippen LogP contribution in [0.2, 0.25) is 0 Å². The first-order valence-corrected chi connectivity index (χ1v) is 10.7. The number of carbonyl (C=O) groups is 2. The minimum absolute atomic E-state index is 0.0142. The van der Waals surface area contributed by atoms with E-state index in [1.165, 1.54) is 12.1 Å². The molecule has 0 aliphatic heterocycles. The number of carbonyl (C=O) groups excluding carboxylic acids is 2. The van der Waals surface area contributed by atoms with Gasteiger partial charge in [-0.15, -0.1) is 0 Å².